The van der Waals surface area contributed by atoms with Crippen molar-refractivity contribution >= 4 is 23.0 Å². The van der Waals surface area contributed by atoms with E-state index in [-0.39, 0.29) is 11.3 Å². The Bertz CT molecular complexity index is 851. The van der Waals surface area contributed by atoms with Crippen LogP contribution < -0.4 is 4.90 Å². The van der Waals surface area contributed by atoms with E-state index in [1.165, 1.54) is 4.90 Å². The molecule has 0 bridgehead atoms. The Morgan fingerprint density at radius 2 is 2.00 bits per heavy atom. The highest BCUT2D eigenvalue weighted by Gasteiger charge is 2.39. The van der Waals surface area contributed by atoms with Gasteiger partial charge in [-0.3, -0.25) is 14.8 Å². The molecule has 0 aliphatic heterocycles. The fraction of sp³-hybridized carbons (Fsp3) is 0.400. The van der Waals surface area contributed by atoms with Crippen molar-refractivity contribution in [1.29, 1.82) is 0 Å². The predicted octanol–water partition coefficient (Wildman–Crippen LogP) is 4.65. The molecule has 0 saturated heterocycles. The summed E-state index contributed by atoms with van der Waals surface area (Å²) >= 11 is 5.80. The van der Waals surface area contributed by atoms with Gasteiger partial charge in [-0.2, -0.15) is 18.3 Å². The Morgan fingerprint density at radius 1 is 1.38 bits per heavy atom. The number of nitro groups is 1. The van der Waals surface area contributed by atoms with Gasteiger partial charge < -0.3 is 4.90 Å². The summed E-state index contributed by atoms with van der Waals surface area (Å²) in [4.78, 5) is 12.0. The minimum absolute atomic E-state index is 0.0588. The monoisotopic (exact) mass is 394 g/mol. The van der Waals surface area contributed by atoms with Gasteiger partial charge in [0.2, 0.25) is 0 Å². The molecule has 0 radical (unpaired) electrons. The fourth-order valence-electron chi connectivity index (χ4n) is 2.62. The summed E-state index contributed by atoms with van der Waals surface area (Å²) in [6.45, 7) is 2.27. The summed E-state index contributed by atoms with van der Waals surface area (Å²) in [5.74, 6) is -1.08. The van der Waals surface area contributed by atoms with Crippen LogP contribution in [0.5, 0.6) is 0 Å². The second-order valence-electron chi connectivity index (χ2n) is 5.63. The van der Waals surface area contributed by atoms with Crippen LogP contribution in [0.4, 0.5) is 28.9 Å². The summed E-state index contributed by atoms with van der Waals surface area (Å²) in [6, 6.07) is 1.76. The highest BCUT2D eigenvalue weighted by atomic mass is 35.5. The van der Waals surface area contributed by atoms with Crippen LogP contribution in [0.1, 0.15) is 19.0 Å². The number of hydrogen-bond donors (Lipinski definition) is 0. The molecule has 11 heteroatoms. The normalized spacial score (nSPS) is 11.7. The van der Waals surface area contributed by atoms with Crippen molar-refractivity contribution < 1.29 is 22.5 Å². The third-order valence-corrected chi connectivity index (χ3v) is 4.10. The van der Waals surface area contributed by atoms with E-state index in [1.807, 2.05) is 6.92 Å². The number of benzene rings is 1. The van der Waals surface area contributed by atoms with Crippen molar-refractivity contribution in [1.82, 2.24) is 9.78 Å². The van der Waals surface area contributed by atoms with Gasteiger partial charge in [0.1, 0.15) is 17.2 Å². The minimum Gasteiger partial charge on any atom is -0.369 e. The number of nitrogens with zero attached hydrogens (tertiary/aromatic N) is 4. The number of alkyl halides is 3. The van der Waals surface area contributed by atoms with Crippen LogP contribution in [0.3, 0.4) is 0 Å². The minimum atomic E-state index is -4.78. The van der Waals surface area contributed by atoms with Gasteiger partial charge in [-0.15, -0.1) is 0 Å². The molecule has 142 valence electrons. The summed E-state index contributed by atoms with van der Waals surface area (Å²) in [5.41, 5.74) is -2.44. The number of hydrogen-bond acceptors (Lipinski definition) is 4. The van der Waals surface area contributed by atoms with Crippen LogP contribution in [0.2, 0.25) is 5.02 Å². The first kappa shape index (κ1) is 20.0. The zero-order chi connectivity index (χ0) is 19.8. The third kappa shape index (κ3) is 3.59. The Balaban J connectivity index is 2.72. The molecule has 0 aliphatic rings. The average Bonchev–Trinajstić information content (AvgIpc) is 2.81. The van der Waals surface area contributed by atoms with E-state index in [9.17, 15) is 27.7 Å². The molecule has 0 amide bonds. The Hall–Kier alpha value is -2.36. The fourth-order valence-corrected chi connectivity index (χ4v) is 2.99. The number of rotatable bonds is 5. The SMILES string of the molecule is CCCN(C)c1cc(-c2nn(C)c(C(F)(F)F)c2Cl)c(F)cc1[N+](=O)[O-]. The molecule has 1 aromatic heterocycles. The Kier molecular flexibility index (Phi) is 5.45. The first-order chi connectivity index (χ1) is 12.0. The molecule has 0 saturated carbocycles. The van der Waals surface area contributed by atoms with E-state index in [4.69, 9.17) is 11.6 Å². The quantitative estimate of drug-likeness (QED) is 0.420. The third-order valence-electron chi connectivity index (χ3n) is 3.74. The molecule has 0 atom stereocenters. The van der Waals surface area contributed by atoms with E-state index in [0.29, 0.717) is 23.7 Å². The predicted molar refractivity (Wildman–Crippen MR) is 88.8 cm³/mol. The lowest BCUT2D eigenvalue weighted by Gasteiger charge is -2.19. The van der Waals surface area contributed by atoms with Crippen molar-refractivity contribution in [2.75, 3.05) is 18.5 Å². The maximum absolute atomic E-state index is 14.4. The summed E-state index contributed by atoms with van der Waals surface area (Å²) in [6.07, 6.45) is -4.13. The highest BCUT2D eigenvalue weighted by molar-refractivity contribution is 6.33. The molecular formula is C15H15ClF4N4O2. The molecule has 1 aromatic carbocycles. The topological polar surface area (TPSA) is 64.2 Å². The molecule has 26 heavy (non-hydrogen) atoms. The number of halogens is 5. The molecule has 2 aromatic rings. The van der Waals surface area contributed by atoms with E-state index in [2.05, 4.69) is 5.10 Å². The molecule has 0 N–H and O–H groups in total. The molecule has 0 aliphatic carbocycles. The number of aromatic nitrogens is 2. The van der Waals surface area contributed by atoms with Crippen molar-refractivity contribution in [3.63, 3.8) is 0 Å². The molecule has 0 fully saturated rings. The van der Waals surface area contributed by atoms with Crippen LogP contribution in [-0.2, 0) is 13.2 Å². The molecule has 2 rings (SSSR count). The standard InChI is InChI=1S/C15H15ClF4N4O2/c1-4-5-22(2)10-6-8(9(17)7-11(10)24(25)26)13-12(16)14(15(18,19)20)23(3)21-13/h6-7H,4-5H2,1-3H3. The van der Waals surface area contributed by atoms with E-state index in [0.717, 1.165) is 13.1 Å². The lowest BCUT2D eigenvalue weighted by Crippen LogP contribution is -2.19. The second kappa shape index (κ2) is 7.10. The maximum Gasteiger partial charge on any atom is 0.434 e. The zero-order valence-electron chi connectivity index (χ0n) is 14.1. The van der Waals surface area contributed by atoms with Crippen LogP contribution >= 0.6 is 11.6 Å². The summed E-state index contributed by atoms with van der Waals surface area (Å²) in [7, 11) is 2.60. The lowest BCUT2D eigenvalue weighted by molar-refractivity contribution is -0.384. The van der Waals surface area contributed by atoms with Gasteiger partial charge in [0.25, 0.3) is 5.69 Å². The molecule has 0 spiro atoms. The van der Waals surface area contributed by atoms with Crippen LogP contribution in [0.15, 0.2) is 12.1 Å². The number of anilines is 1. The largest absolute Gasteiger partial charge is 0.434 e. The van der Waals surface area contributed by atoms with Gasteiger partial charge >= 0.3 is 6.18 Å². The van der Waals surface area contributed by atoms with Crippen molar-refractivity contribution in [3.8, 4) is 11.3 Å². The molecule has 0 unspecified atom stereocenters. The van der Waals surface area contributed by atoms with Crippen LogP contribution in [0.25, 0.3) is 11.3 Å². The van der Waals surface area contributed by atoms with Gasteiger partial charge in [-0.05, 0) is 12.5 Å². The van der Waals surface area contributed by atoms with Gasteiger partial charge in [0, 0.05) is 26.2 Å². The second-order valence-corrected chi connectivity index (χ2v) is 6.01. The molecular weight excluding hydrogens is 380 g/mol. The Morgan fingerprint density at radius 3 is 2.46 bits per heavy atom. The van der Waals surface area contributed by atoms with Gasteiger partial charge in [-0.1, -0.05) is 18.5 Å². The maximum atomic E-state index is 14.4. The zero-order valence-corrected chi connectivity index (χ0v) is 14.8. The van der Waals surface area contributed by atoms with E-state index in [1.54, 1.807) is 7.05 Å². The van der Waals surface area contributed by atoms with Crippen LogP contribution in [-0.4, -0.2) is 28.3 Å². The highest BCUT2D eigenvalue weighted by Crippen LogP contribution is 2.42. The van der Waals surface area contributed by atoms with Crippen molar-refractivity contribution in [2.24, 2.45) is 7.05 Å². The van der Waals surface area contributed by atoms with E-state index >= 15 is 0 Å². The lowest BCUT2D eigenvalue weighted by atomic mass is 10.1. The van der Waals surface area contributed by atoms with Crippen molar-refractivity contribution in [2.45, 2.75) is 19.5 Å². The van der Waals surface area contributed by atoms with Crippen molar-refractivity contribution in [3.05, 3.63) is 38.8 Å². The van der Waals surface area contributed by atoms with Gasteiger partial charge in [0.15, 0.2) is 5.69 Å². The first-order valence-corrected chi connectivity index (χ1v) is 7.85. The smallest absolute Gasteiger partial charge is 0.369 e. The average molecular weight is 395 g/mol. The molecule has 6 nitrogen and oxygen atoms in total. The number of aryl methyl sites for hydroxylation is 1. The Labute approximate surface area is 151 Å². The van der Waals surface area contributed by atoms with E-state index < -0.39 is 39.0 Å². The first-order valence-electron chi connectivity index (χ1n) is 7.48. The summed E-state index contributed by atoms with van der Waals surface area (Å²) < 4.78 is 54.2. The molecule has 1 heterocycles. The summed E-state index contributed by atoms with van der Waals surface area (Å²) in [5, 5.41) is 14.1. The number of nitro benzene ring substituents is 1. The van der Waals surface area contributed by atoms with Gasteiger partial charge in [0.05, 0.1) is 16.0 Å². The van der Waals surface area contributed by atoms with Crippen LogP contribution in [0, 0.1) is 15.9 Å². The van der Waals surface area contributed by atoms with Gasteiger partial charge in [-0.25, -0.2) is 4.39 Å².